The van der Waals surface area contributed by atoms with Gasteiger partial charge < -0.3 is 14.8 Å². The Kier molecular flexibility index (Phi) is 6.50. The van der Waals surface area contributed by atoms with E-state index < -0.39 is 17.7 Å². The third kappa shape index (κ3) is 4.49. The molecule has 4 nitrogen and oxygen atoms in total. The first kappa shape index (κ1) is 21.6. The lowest BCUT2D eigenvalue weighted by molar-refractivity contribution is 0.143. The Labute approximate surface area is 185 Å². The fourth-order valence-electron chi connectivity index (χ4n) is 3.95. The molecule has 0 aliphatic heterocycles. The number of hydrogen-bond acceptors (Lipinski definition) is 3. The van der Waals surface area contributed by atoms with Crippen LogP contribution in [0.1, 0.15) is 29.0 Å². The van der Waals surface area contributed by atoms with Crippen LogP contribution < -0.4 is 10.1 Å². The Bertz CT molecular complexity index is 1110. The number of carbonyl (C=O) groups is 1. The number of ether oxygens (including phenoxy) is 2. The van der Waals surface area contributed by atoms with E-state index in [1.807, 2.05) is 24.3 Å². The highest BCUT2D eigenvalue weighted by Gasteiger charge is 2.28. The highest BCUT2D eigenvalue weighted by Crippen LogP contribution is 2.44. The summed E-state index contributed by atoms with van der Waals surface area (Å²) < 4.78 is 37.3. The first-order valence-electron chi connectivity index (χ1n) is 10.4. The molecule has 3 aromatic carbocycles. The molecule has 1 aliphatic rings. The molecule has 1 aliphatic carbocycles. The van der Waals surface area contributed by atoms with Crippen molar-refractivity contribution >= 4 is 12.2 Å². The quantitative estimate of drug-likeness (QED) is 0.469. The molecule has 164 valence electrons. The number of halogens is 2. The number of methoxy groups -OCH3 is 1. The molecule has 6 heteroatoms. The Morgan fingerprint density at radius 1 is 1.03 bits per heavy atom. The van der Waals surface area contributed by atoms with Gasteiger partial charge in [-0.2, -0.15) is 4.39 Å². The van der Waals surface area contributed by atoms with Gasteiger partial charge in [0, 0.05) is 12.5 Å². The van der Waals surface area contributed by atoms with Crippen molar-refractivity contribution in [1.82, 2.24) is 5.32 Å². The lowest BCUT2D eigenvalue weighted by atomic mass is 9.98. The van der Waals surface area contributed by atoms with Gasteiger partial charge in [0.1, 0.15) is 6.61 Å². The number of rotatable bonds is 7. The molecule has 0 heterocycles. The summed E-state index contributed by atoms with van der Waals surface area (Å²) in [6, 6.07) is 18.8. The molecule has 4 rings (SSSR count). The maximum Gasteiger partial charge on any atom is 0.407 e. The van der Waals surface area contributed by atoms with Crippen molar-refractivity contribution in [3.63, 3.8) is 0 Å². The zero-order chi connectivity index (χ0) is 22.5. The van der Waals surface area contributed by atoms with Gasteiger partial charge >= 0.3 is 6.09 Å². The molecule has 0 fully saturated rings. The van der Waals surface area contributed by atoms with Gasteiger partial charge in [-0.1, -0.05) is 60.7 Å². The third-order valence-electron chi connectivity index (χ3n) is 5.47. The molecule has 0 atom stereocenters. The average molecular weight is 435 g/mol. The summed E-state index contributed by atoms with van der Waals surface area (Å²) in [4.78, 5) is 12.2. The standard InChI is InChI=1S/C26H23F2NO3/c1-31-24-15-17(14-23(27)25(24)28)8-6-7-13-29-26(30)32-16-22-20-11-4-2-9-18(20)19-10-3-5-12-21(19)22/h2-6,8-12,14-15,22H,7,13,16H2,1H3,(H,29,30). The maximum atomic E-state index is 13.5. The normalized spacial score (nSPS) is 12.5. The molecular formula is C26H23F2NO3. The topological polar surface area (TPSA) is 47.6 Å². The minimum absolute atomic E-state index is 0.0106. The molecular weight excluding hydrogens is 412 g/mol. The second kappa shape index (κ2) is 9.64. The summed E-state index contributed by atoms with van der Waals surface area (Å²) in [6.07, 6.45) is 3.42. The van der Waals surface area contributed by atoms with Crippen molar-refractivity contribution in [2.24, 2.45) is 0 Å². The van der Waals surface area contributed by atoms with Crippen LogP contribution >= 0.6 is 0 Å². The predicted octanol–water partition coefficient (Wildman–Crippen LogP) is 5.92. The van der Waals surface area contributed by atoms with Crippen molar-refractivity contribution in [2.75, 3.05) is 20.3 Å². The summed E-state index contributed by atoms with van der Waals surface area (Å²) in [6.45, 7) is 0.609. The minimum atomic E-state index is -1.01. The van der Waals surface area contributed by atoms with Crippen LogP contribution in [0, 0.1) is 11.6 Å². The van der Waals surface area contributed by atoms with Gasteiger partial charge in [-0.05, 0) is 46.4 Å². The van der Waals surface area contributed by atoms with Crippen LogP contribution in [-0.2, 0) is 4.74 Å². The van der Waals surface area contributed by atoms with Gasteiger partial charge in [-0.15, -0.1) is 0 Å². The lowest BCUT2D eigenvalue weighted by Crippen LogP contribution is -2.26. The Morgan fingerprint density at radius 3 is 2.34 bits per heavy atom. The van der Waals surface area contributed by atoms with Crippen LogP contribution in [0.15, 0.2) is 66.7 Å². The third-order valence-corrected chi connectivity index (χ3v) is 5.47. The summed E-state index contributed by atoms with van der Waals surface area (Å²) >= 11 is 0. The van der Waals surface area contributed by atoms with E-state index in [1.54, 1.807) is 12.2 Å². The smallest absolute Gasteiger partial charge is 0.407 e. The van der Waals surface area contributed by atoms with Crippen LogP contribution in [0.25, 0.3) is 17.2 Å². The average Bonchev–Trinajstić information content (AvgIpc) is 3.13. The number of nitrogens with one attached hydrogen (secondary N) is 1. The van der Waals surface area contributed by atoms with Crippen LogP contribution in [0.4, 0.5) is 13.6 Å². The molecule has 0 unspecified atom stereocenters. The van der Waals surface area contributed by atoms with E-state index in [1.165, 1.54) is 24.3 Å². The van der Waals surface area contributed by atoms with Crippen LogP contribution in [0.5, 0.6) is 5.75 Å². The first-order valence-corrected chi connectivity index (χ1v) is 10.4. The molecule has 0 saturated heterocycles. The fourth-order valence-corrected chi connectivity index (χ4v) is 3.95. The maximum absolute atomic E-state index is 13.5. The van der Waals surface area contributed by atoms with E-state index in [0.717, 1.165) is 17.2 Å². The second-order valence-electron chi connectivity index (χ2n) is 7.46. The summed E-state index contributed by atoms with van der Waals surface area (Å²) in [5, 5.41) is 2.71. The van der Waals surface area contributed by atoms with E-state index in [0.29, 0.717) is 18.5 Å². The largest absolute Gasteiger partial charge is 0.494 e. The van der Waals surface area contributed by atoms with Crippen molar-refractivity contribution in [1.29, 1.82) is 0 Å². The van der Waals surface area contributed by atoms with E-state index in [2.05, 4.69) is 29.6 Å². The van der Waals surface area contributed by atoms with Gasteiger partial charge in [-0.3, -0.25) is 0 Å². The zero-order valence-corrected chi connectivity index (χ0v) is 17.6. The van der Waals surface area contributed by atoms with Crippen molar-refractivity contribution in [2.45, 2.75) is 12.3 Å². The highest BCUT2D eigenvalue weighted by atomic mass is 19.2. The predicted molar refractivity (Wildman–Crippen MR) is 120 cm³/mol. The molecule has 1 N–H and O–H groups in total. The van der Waals surface area contributed by atoms with Gasteiger partial charge in [0.05, 0.1) is 7.11 Å². The SMILES string of the molecule is COc1cc(C=CCCNC(=O)OCC2c3ccccc3-c3ccccc32)cc(F)c1F. The van der Waals surface area contributed by atoms with Gasteiger partial charge in [0.2, 0.25) is 5.82 Å². The fraction of sp³-hybridized carbons (Fsp3) is 0.192. The van der Waals surface area contributed by atoms with Crippen LogP contribution in [0.3, 0.4) is 0 Å². The van der Waals surface area contributed by atoms with Gasteiger partial charge in [0.25, 0.3) is 0 Å². The number of amides is 1. The van der Waals surface area contributed by atoms with Crippen molar-refractivity contribution < 1.29 is 23.0 Å². The molecule has 0 bridgehead atoms. The highest BCUT2D eigenvalue weighted by molar-refractivity contribution is 5.79. The molecule has 32 heavy (non-hydrogen) atoms. The minimum Gasteiger partial charge on any atom is -0.494 e. The van der Waals surface area contributed by atoms with Gasteiger partial charge in [-0.25, -0.2) is 9.18 Å². The van der Waals surface area contributed by atoms with Gasteiger partial charge in [0.15, 0.2) is 11.6 Å². The van der Waals surface area contributed by atoms with E-state index >= 15 is 0 Å². The Morgan fingerprint density at radius 2 is 1.69 bits per heavy atom. The number of carbonyl (C=O) groups excluding carboxylic acids is 1. The molecule has 0 aromatic heterocycles. The molecule has 0 spiro atoms. The van der Waals surface area contributed by atoms with E-state index in [4.69, 9.17) is 9.47 Å². The molecule has 3 aromatic rings. The lowest BCUT2D eigenvalue weighted by Gasteiger charge is -2.14. The number of hydrogen-bond donors (Lipinski definition) is 1. The van der Waals surface area contributed by atoms with E-state index in [9.17, 15) is 13.6 Å². The Hall–Kier alpha value is -3.67. The number of benzene rings is 3. The Balaban J connectivity index is 1.28. The second-order valence-corrected chi connectivity index (χ2v) is 7.46. The summed E-state index contributed by atoms with van der Waals surface area (Å²) in [5.74, 6) is -2.12. The molecule has 0 saturated carbocycles. The van der Waals surface area contributed by atoms with Crippen LogP contribution in [0.2, 0.25) is 0 Å². The number of alkyl carbamates (subject to hydrolysis) is 1. The first-order chi connectivity index (χ1) is 15.6. The summed E-state index contributed by atoms with van der Waals surface area (Å²) in [5.41, 5.74) is 5.15. The number of fused-ring (bicyclic) bond motifs is 3. The molecule has 0 radical (unpaired) electrons. The van der Waals surface area contributed by atoms with Crippen LogP contribution in [-0.4, -0.2) is 26.4 Å². The van der Waals surface area contributed by atoms with E-state index in [-0.39, 0.29) is 18.3 Å². The zero-order valence-electron chi connectivity index (χ0n) is 17.6. The summed E-state index contributed by atoms with van der Waals surface area (Å²) in [7, 11) is 1.28. The molecule has 1 amide bonds. The van der Waals surface area contributed by atoms with Crippen molar-refractivity contribution in [3.8, 4) is 16.9 Å². The monoisotopic (exact) mass is 435 g/mol. The van der Waals surface area contributed by atoms with Crippen molar-refractivity contribution in [3.05, 3.63) is 95.1 Å².